The highest BCUT2D eigenvalue weighted by molar-refractivity contribution is 5.96. The molecule has 34 heavy (non-hydrogen) atoms. The van der Waals surface area contributed by atoms with Crippen LogP contribution < -0.4 is 16.0 Å². The molecule has 2 atom stereocenters. The second kappa shape index (κ2) is 13.7. The number of benzene rings is 1. The van der Waals surface area contributed by atoms with Gasteiger partial charge in [0.25, 0.3) is 0 Å². The van der Waals surface area contributed by atoms with Gasteiger partial charge in [0.1, 0.15) is 23.5 Å². The van der Waals surface area contributed by atoms with Gasteiger partial charge in [-0.3, -0.25) is 9.59 Å². The van der Waals surface area contributed by atoms with Gasteiger partial charge in [0, 0.05) is 18.3 Å². The summed E-state index contributed by atoms with van der Waals surface area (Å²) in [6.07, 6.45) is 4.48. The molecule has 186 valence electrons. The molecule has 0 radical (unpaired) electrons. The van der Waals surface area contributed by atoms with Crippen LogP contribution in [0, 0.1) is 17.6 Å². The van der Waals surface area contributed by atoms with Crippen molar-refractivity contribution in [2.45, 2.75) is 71.9 Å². The second-order valence-electron chi connectivity index (χ2n) is 9.15. The van der Waals surface area contributed by atoms with Gasteiger partial charge >= 0.3 is 0 Å². The number of carbonyl (C=O) groups is 2. The predicted molar refractivity (Wildman–Crippen MR) is 130 cm³/mol. The van der Waals surface area contributed by atoms with E-state index in [0.717, 1.165) is 43.1 Å². The maximum atomic E-state index is 13.4. The molecule has 1 aromatic heterocycles. The Labute approximate surface area is 200 Å². The third kappa shape index (κ3) is 9.95. The Morgan fingerprint density at radius 1 is 1.00 bits per heavy atom. The molecular formula is C26H36F2N4O2. The molecule has 3 N–H and O–H groups in total. The Hall–Kier alpha value is -2.87. The largest absolute Gasteiger partial charge is 0.344 e. The number of pyridine rings is 1. The fourth-order valence-corrected chi connectivity index (χ4v) is 3.48. The van der Waals surface area contributed by atoms with Crippen molar-refractivity contribution >= 4 is 17.6 Å². The van der Waals surface area contributed by atoms with Crippen LogP contribution in [0.1, 0.15) is 58.1 Å². The summed E-state index contributed by atoms with van der Waals surface area (Å²) in [4.78, 5) is 29.4. The molecule has 0 spiro atoms. The summed E-state index contributed by atoms with van der Waals surface area (Å²) >= 11 is 0. The lowest BCUT2D eigenvalue weighted by Crippen LogP contribution is -2.44. The number of hydrogen-bond acceptors (Lipinski definition) is 4. The van der Waals surface area contributed by atoms with Crippen molar-refractivity contribution in [1.82, 2.24) is 15.6 Å². The van der Waals surface area contributed by atoms with E-state index in [-0.39, 0.29) is 17.9 Å². The van der Waals surface area contributed by atoms with Gasteiger partial charge in [-0.15, -0.1) is 0 Å². The van der Waals surface area contributed by atoms with Gasteiger partial charge in [-0.05, 0) is 68.0 Å². The van der Waals surface area contributed by atoms with Crippen LogP contribution in [-0.2, 0) is 22.4 Å². The van der Waals surface area contributed by atoms with Crippen LogP contribution in [0.2, 0.25) is 0 Å². The van der Waals surface area contributed by atoms with Gasteiger partial charge < -0.3 is 16.0 Å². The molecule has 0 saturated carbocycles. The third-order valence-corrected chi connectivity index (χ3v) is 5.33. The van der Waals surface area contributed by atoms with E-state index in [1.165, 1.54) is 0 Å². The summed E-state index contributed by atoms with van der Waals surface area (Å²) in [7, 11) is 0. The number of hydrogen-bond donors (Lipinski definition) is 3. The van der Waals surface area contributed by atoms with Crippen LogP contribution in [0.3, 0.4) is 0 Å². The van der Waals surface area contributed by atoms with Crippen LogP contribution in [0.4, 0.5) is 14.6 Å². The van der Waals surface area contributed by atoms with Crippen molar-refractivity contribution in [1.29, 1.82) is 0 Å². The number of amides is 2. The zero-order valence-electron chi connectivity index (χ0n) is 20.5. The van der Waals surface area contributed by atoms with Gasteiger partial charge in [-0.25, -0.2) is 13.8 Å². The van der Waals surface area contributed by atoms with Crippen molar-refractivity contribution in [2.75, 3.05) is 11.9 Å². The summed E-state index contributed by atoms with van der Waals surface area (Å²) in [6, 6.07) is 6.27. The fourth-order valence-electron chi connectivity index (χ4n) is 3.48. The van der Waals surface area contributed by atoms with Crippen molar-refractivity contribution < 1.29 is 18.4 Å². The van der Waals surface area contributed by atoms with Crippen LogP contribution in [0.25, 0.3) is 0 Å². The van der Waals surface area contributed by atoms with E-state index in [4.69, 9.17) is 0 Å². The van der Waals surface area contributed by atoms with Gasteiger partial charge in [0.05, 0.1) is 6.42 Å². The number of carbonyl (C=O) groups excluding carboxylic acids is 2. The topological polar surface area (TPSA) is 83.1 Å². The summed E-state index contributed by atoms with van der Waals surface area (Å²) in [6.45, 7) is 9.41. The number of nitrogens with one attached hydrogen (secondary N) is 3. The molecule has 0 saturated heterocycles. The third-order valence-electron chi connectivity index (χ3n) is 5.33. The SMILES string of the molecule is CCCC(NC(=O)Cc1cc(F)cc(F)c1)C(=O)Nc1ccc(CCC(C)NCC(C)C)cn1. The fraction of sp³-hybridized carbons (Fsp3) is 0.500. The summed E-state index contributed by atoms with van der Waals surface area (Å²) < 4.78 is 26.7. The molecule has 1 aromatic carbocycles. The first-order chi connectivity index (χ1) is 16.2. The Morgan fingerprint density at radius 3 is 2.29 bits per heavy atom. The van der Waals surface area contributed by atoms with Gasteiger partial charge in [0.2, 0.25) is 11.8 Å². The molecule has 1 heterocycles. The van der Waals surface area contributed by atoms with E-state index in [1.807, 2.05) is 13.0 Å². The van der Waals surface area contributed by atoms with E-state index in [2.05, 4.69) is 41.7 Å². The van der Waals surface area contributed by atoms with Gasteiger partial charge in [-0.1, -0.05) is 33.3 Å². The Bertz CT molecular complexity index is 915. The van der Waals surface area contributed by atoms with E-state index < -0.39 is 23.6 Å². The molecule has 2 aromatic rings. The number of aromatic nitrogens is 1. The average molecular weight is 475 g/mol. The number of nitrogens with zero attached hydrogens (tertiary/aromatic N) is 1. The lowest BCUT2D eigenvalue weighted by Gasteiger charge is -2.18. The first kappa shape index (κ1) is 27.4. The summed E-state index contributed by atoms with van der Waals surface area (Å²) in [5.74, 6) is -1.35. The number of halogens is 2. The van der Waals surface area contributed by atoms with Gasteiger partial charge in [-0.2, -0.15) is 0 Å². The minimum absolute atomic E-state index is 0.205. The van der Waals surface area contributed by atoms with Crippen LogP contribution >= 0.6 is 0 Å². The molecule has 0 fully saturated rings. The van der Waals surface area contributed by atoms with E-state index in [0.29, 0.717) is 30.6 Å². The second-order valence-corrected chi connectivity index (χ2v) is 9.15. The van der Waals surface area contributed by atoms with Crippen LogP contribution in [-0.4, -0.2) is 35.4 Å². The molecule has 2 amide bonds. The molecule has 2 rings (SSSR count). The lowest BCUT2D eigenvalue weighted by molar-refractivity contribution is -0.126. The average Bonchev–Trinajstić information content (AvgIpc) is 2.76. The smallest absolute Gasteiger partial charge is 0.248 e. The number of aryl methyl sites for hydroxylation is 1. The van der Waals surface area contributed by atoms with E-state index in [9.17, 15) is 18.4 Å². The Morgan fingerprint density at radius 2 is 1.71 bits per heavy atom. The molecule has 0 aliphatic rings. The Balaban J connectivity index is 1.88. The minimum Gasteiger partial charge on any atom is -0.344 e. The number of anilines is 1. The molecule has 6 nitrogen and oxygen atoms in total. The molecule has 8 heteroatoms. The lowest BCUT2D eigenvalue weighted by atomic mass is 10.1. The maximum Gasteiger partial charge on any atom is 0.248 e. The monoisotopic (exact) mass is 474 g/mol. The molecule has 0 aliphatic carbocycles. The van der Waals surface area contributed by atoms with Crippen molar-refractivity contribution in [3.63, 3.8) is 0 Å². The molecule has 0 aliphatic heterocycles. The Kier molecular flexibility index (Phi) is 11.1. The van der Waals surface area contributed by atoms with E-state index in [1.54, 1.807) is 12.3 Å². The number of rotatable bonds is 13. The molecule has 2 unspecified atom stereocenters. The first-order valence-electron chi connectivity index (χ1n) is 11.9. The summed E-state index contributed by atoms with van der Waals surface area (Å²) in [5, 5.41) is 8.90. The zero-order chi connectivity index (χ0) is 25.1. The molecular weight excluding hydrogens is 438 g/mol. The highest BCUT2D eigenvalue weighted by atomic mass is 19.1. The van der Waals surface area contributed by atoms with Crippen molar-refractivity contribution in [3.8, 4) is 0 Å². The molecule has 0 bridgehead atoms. The van der Waals surface area contributed by atoms with Crippen molar-refractivity contribution in [3.05, 3.63) is 59.3 Å². The van der Waals surface area contributed by atoms with Gasteiger partial charge in [0.15, 0.2) is 0 Å². The zero-order valence-corrected chi connectivity index (χ0v) is 20.5. The first-order valence-corrected chi connectivity index (χ1v) is 11.9. The maximum absolute atomic E-state index is 13.4. The van der Waals surface area contributed by atoms with Crippen molar-refractivity contribution in [2.24, 2.45) is 5.92 Å². The van der Waals surface area contributed by atoms with Crippen LogP contribution in [0.15, 0.2) is 36.5 Å². The highest BCUT2D eigenvalue weighted by Gasteiger charge is 2.21. The quantitative estimate of drug-likeness (QED) is 0.402. The predicted octanol–water partition coefficient (Wildman–Crippen LogP) is 4.39. The normalized spacial score (nSPS) is 12.9. The van der Waals surface area contributed by atoms with Crippen LogP contribution in [0.5, 0.6) is 0 Å². The highest BCUT2D eigenvalue weighted by Crippen LogP contribution is 2.11. The van der Waals surface area contributed by atoms with E-state index >= 15 is 0 Å². The minimum atomic E-state index is -0.773. The standard InChI is InChI=1S/C26H36F2N4O2/c1-5-6-23(31-25(33)13-20-11-21(27)14-22(28)12-20)26(34)32-24-10-9-19(16-30-24)8-7-18(4)29-15-17(2)3/h9-12,14,16-18,23,29H,5-8,13,15H2,1-4H3,(H,31,33)(H,30,32,34). The summed E-state index contributed by atoms with van der Waals surface area (Å²) in [5.41, 5.74) is 1.29.